The Balaban J connectivity index is 2.11. The van der Waals surface area contributed by atoms with E-state index in [1.54, 1.807) is 0 Å². The predicted molar refractivity (Wildman–Crippen MR) is 51.4 cm³/mol. The minimum atomic E-state index is 0.510. The Morgan fingerprint density at radius 2 is 2.25 bits per heavy atom. The molecule has 2 heteroatoms. The minimum absolute atomic E-state index is 0.510. The molecule has 1 rings (SSSR count). The first-order valence-electron chi connectivity index (χ1n) is 5.13. The van der Waals surface area contributed by atoms with E-state index in [1.807, 2.05) is 0 Å². The maximum atomic E-state index is 5.65. The molecule has 12 heavy (non-hydrogen) atoms. The van der Waals surface area contributed by atoms with E-state index in [2.05, 4.69) is 18.9 Å². The molecule has 72 valence electrons. The maximum Gasteiger partial charge on any atom is 0.0701 e. The van der Waals surface area contributed by atoms with Gasteiger partial charge in [0.05, 0.1) is 6.10 Å². The van der Waals surface area contributed by atoms with Gasteiger partial charge in [0.15, 0.2) is 0 Å². The van der Waals surface area contributed by atoms with E-state index in [0.29, 0.717) is 6.10 Å². The molecule has 1 unspecified atom stereocenters. The zero-order chi connectivity index (χ0) is 8.81. The third-order valence-electron chi connectivity index (χ3n) is 2.39. The standard InChI is InChI=1S/C10H21NO/c1-3-7-11(2)9-10-6-4-5-8-12-10/h10H,3-9H2,1-2H3. The van der Waals surface area contributed by atoms with Crippen LogP contribution in [0.3, 0.4) is 0 Å². The monoisotopic (exact) mass is 171 g/mol. The molecule has 1 atom stereocenters. The molecule has 1 saturated heterocycles. The second kappa shape index (κ2) is 5.55. The maximum absolute atomic E-state index is 5.65. The van der Waals surface area contributed by atoms with Crippen LogP contribution in [0.5, 0.6) is 0 Å². The van der Waals surface area contributed by atoms with Crippen LogP contribution in [-0.2, 0) is 4.74 Å². The Bertz CT molecular complexity index is 110. The molecule has 0 spiro atoms. The SMILES string of the molecule is CCCN(C)CC1CCCCO1. The molecule has 0 radical (unpaired) electrons. The zero-order valence-corrected chi connectivity index (χ0v) is 8.38. The largest absolute Gasteiger partial charge is 0.377 e. The Kier molecular flexibility index (Phi) is 4.62. The highest BCUT2D eigenvalue weighted by Crippen LogP contribution is 2.13. The van der Waals surface area contributed by atoms with Gasteiger partial charge in [0.1, 0.15) is 0 Å². The normalized spacial score (nSPS) is 24.8. The molecule has 1 aliphatic heterocycles. The van der Waals surface area contributed by atoms with Gasteiger partial charge in [-0.2, -0.15) is 0 Å². The Hall–Kier alpha value is -0.0800. The van der Waals surface area contributed by atoms with Gasteiger partial charge < -0.3 is 9.64 Å². The van der Waals surface area contributed by atoms with E-state index in [4.69, 9.17) is 4.74 Å². The molecule has 0 N–H and O–H groups in total. The van der Waals surface area contributed by atoms with Gasteiger partial charge in [-0.15, -0.1) is 0 Å². The molecule has 0 saturated carbocycles. The van der Waals surface area contributed by atoms with Crippen molar-refractivity contribution in [2.75, 3.05) is 26.7 Å². The van der Waals surface area contributed by atoms with Crippen LogP contribution in [0.25, 0.3) is 0 Å². The summed E-state index contributed by atoms with van der Waals surface area (Å²) in [5.41, 5.74) is 0. The molecule has 0 aromatic heterocycles. The van der Waals surface area contributed by atoms with Gasteiger partial charge in [-0.25, -0.2) is 0 Å². The van der Waals surface area contributed by atoms with Crippen molar-refractivity contribution >= 4 is 0 Å². The van der Waals surface area contributed by atoms with Crippen LogP contribution in [0, 0.1) is 0 Å². The summed E-state index contributed by atoms with van der Waals surface area (Å²) in [6.45, 7) is 5.51. The Labute approximate surface area is 75.9 Å². The van der Waals surface area contributed by atoms with Crippen LogP contribution in [0.15, 0.2) is 0 Å². The summed E-state index contributed by atoms with van der Waals surface area (Å²) in [6.07, 6.45) is 5.62. The summed E-state index contributed by atoms with van der Waals surface area (Å²) in [4.78, 5) is 2.37. The molecule has 0 amide bonds. The summed E-state index contributed by atoms with van der Waals surface area (Å²) < 4.78 is 5.65. The minimum Gasteiger partial charge on any atom is -0.377 e. The van der Waals surface area contributed by atoms with Gasteiger partial charge in [0, 0.05) is 13.2 Å². The highest BCUT2D eigenvalue weighted by molar-refractivity contribution is 4.66. The topological polar surface area (TPSA) is 12.5 Å². The highest BCUT2D eigenvalue weighted by Gasteiger charge is 2.14. The lowest BCUT2D eigenvalue weighted by Crippen LogP contribution is -2.33. The fraction of sp³-hybridized carbons (Fsp3) is 1.00. The van der Waals surface area contributed by atoms with E-state index in [9.17, 15) is 0 Å². The summed E-state index contributed by atoms with van der Waals surface area (Å²) in [5, 5.41) is 0. The van der Waals surface area contributed by atoms with E-state index in [0.717, 1.165) is 13.2 Å². The second-order valence-electron chi connectivity index (χ2n) is 3.75. The molecule has 1 aliphatic rings. The van der Waals surface area contributed by atoms with Crippen LogP contribution in [0.2, 0.25) is 0 Å². The van der Waals surface area contributed by atoms with Crippen molar-refractivity contribution in [1.82, 2.24) is 4.90 Å². The molecule has 0 aliphatic carbocycles. The summed E-state index contributed by atoms with van der Waals surface area (Å²) in [6, 6.07) is 0. The Morgan fingerprint density at radius 1 is 1.42 bits per heavy atom. The van der Waals surface area contributed by atoms with E-state index in [-0.39, 0.29) is 0 Å². The van der Waals surface area contributed by atoms with Gasteiger partial charge in [0.2, 0.25) is 0 Å². The number of hydrogen-bond acceptors (Lipinski definition) is 2. The fourth-order valence-electron chi connectivity index (χ4n) is 1.77. The molecule has 0 aromatic rings. The number of hydrogen-bond donors (Lipinski definition) is 0. The van der Waals surface area contributed by atoms with E-state index in [1.165, 1.54) is 32.2 Å². The molecule has 2 nitrogen and oxygen atoms in total. The first-order valence-corrected chi connectivity index (χ1v) is 5.13. The van der Waals surface area contributed by atoms with Crippen molar-refractivity contribution in [3.8, 4) is 0 Å². The van der Waals surface area contributed by atoms with Crippen molar-refractivity contribution in [2.24, 2.45) is 0 Å². The first-order chi connectivity index (χ1) is 5.83. The third kappa shape index (κ3) is 3.55. The van der Waals surface area contributed by atoms with Crippen molar-refractivity contribution in [1.29, 1.82) is 0 Å². The number of likely N-dealkylation sites (N-methyl/N-ethyl adjacent to an activating group) is 1. The molecular weight excluding hydrogens is 150 g/mol. The van der Waals surface area contributed by atoms with Crippen LogP contribution in [-0.4, -0.2) is 37.7 Å². The van der Waals surface area contributed by atoms with Gasteiger partial charge in [-0.3, -0.25) is 0 Å². The molecule has 0 aromatic carbocycles. The fourth-order valence-corrected chi connectivity index (χ4v) is 1.77. The summed E-state index contributed by atoms with van der Waals surface area (Å²) in [7, 11) is 2.18. The number of ether oxygens (including phenoxy) is 1. The first kappa shape index (κ1) is 10.0. The smallest absolute Gasteiger partial charge is 0.0701 e. The lowest BCUT2D eigenvalue weighted by Gasteiger charge is -2.27. The Morgan fingerprint density at radius 3 is 2.83 bits per heavy atom. The lowest BCUT2D eigenvalue weighted by molar-refractivity contribution is -0.00137. The van der Waals surface area contributed by atoms with Crippen molar-refractivity contribution in [3.05, 3.63) is 0 Å². The summed E-state index contributed by atoms with van der Waals surface area (Å²) >= 11 is 0. The molecule has 0 bridgehead atoms. The average molecular weight is 171 g/mol. The third-order valence-corrected chi connectivity index (χ3v) is 2.39. The summed E-state index contributed by atoms with van der Waals surface area (Å²) in [5.74, 6) is 0. The second-order valence-corrected chi connectivity index (χ2v) is 3.75. The molecular formula is C10H21NO. The zero-order valence-electron chi connectivity index (χ0n) is 8.38. The quantitative estimate of drug-likeness (QED) is 0.640. The number of rotatable bonds is 4. The lowest BCUT2D eigenvalue weighted by atomic mass is 10.1. The van der Waals surface area contributed by atoms with Crippen LogP contribution in [0.1, 0.15) is 32.6 Å². The number of nitrogens with zero attached hydrogens (tertiary/aromatic N) is 1. The van der Waals surface area contributed by atoms with E-state index >= 15 is 0 Å². The van der Waals surface area contributed by atoms with Gasteiger partial charge >= 0.3 is 0 Å². The highest BCUT2D eigenvalue weighted by atomic mass is 16.5. The van der Waals surface area contributed by atoms with Crippen LogP contribution >= 0.6 is 0 Å². The van der Waals surface area contributed by atoms with Gasteiger partial charge in [-0.05, 0) is 39.3 Å². The van der Waals surface area contributed by atoms with Gasteiger partial charge in [0.25, 0.3) is 0 Å². The van der Waals surface area contributed by atoms with Crippen molar-refractivity contribution in [2.45, 2.75) is 38.7 Å². The average Bonchev–Trinajstić information content (AvgIpc) is 2.06. The van der Waals surface area contributed by atoms with Gasteiger partial charge in [-0.1, -0.05) is 6.92 Å². The van der Waals surface area contributed by atoms with Crippen LogP contribution < -0.4 is 0 Å². The molecule has 1 fully saturated rings. The van der Waals surface area contributed by atoms with Crippen molar-refractivity contribution in [3.63, 3.8) is 0 Å². The predicted octanol–water partition coefficient (Wildman–Crippen LogP) is 1.90. The van der Waals surface area contributed by atoms with E-state index < -0.39 is 0 Å². The van der Waals surface area contributed by atoms with Crippen molar-refractivity contribution < 1.29 is 4.74 Å². The van der Waals surface area contributed by atoms with Crippen LogP contribution in [0.4, 0.5) is 0 Å². The molecule has 1 heterocycles.